The lowest BCUT2D eigenvalue weighted by Crippen LogP contribution is -2.47. The van der Waals surface area contributed by atoms with Gasteiger partial charge < -0.3 is 15.4 Å². The van der Waals surface area contributed by atoms with Crippen molar-refractivity contribution in [3.63, 3.8) is 0 Å². The van der Waals surface area contributed by atoms with Gasteiger partial charge in [-0.05, 0) is 35.7 Å². The van der Waals surface area contributed by atoms with Crippen LogP contribution in [0.3, 0.4) is 0 Å². The van der Waals surface area contributed by atoms with E-state index in [1.165, 1.54) is 21.8 Å². The zero-order valence-corrected chi connectivity index (χ0v) is 20.5. The summed E-state index contributed by atoms with van der Waals surface area (Å²) in [5.41, 5.74) is 2.81. The smallest absolute Gasteiger partial charge is 0.251 e. The Balaban J connectivity index is 1.38. The molecule has 0 saturated heterocycles. The van der Waals surface area contributed by atoms with Crippen molar-refractivity contribution >= 4 is 28.3 Å². The number of rotatable bonds is 8. The van der Waals surface area contributed by atoms with Crippen molar-refractivity contribution in [1.29, 1.82) is 0 Å². The number of thiazole rings is 1. The first-order valence-electron chi connectivity index (χ1n) is 11.4. The number of ether oxygens (including phenoxy) is 1. The Kier molecular flexibility index (Phi) is 7.59. The molecule has 0 radical (unpaired) electrons. The van der Waals surface area contributed by atoms with Crippen LogP contribution in [0.5, 0.6) is 5.75 Å². The number of nitrogens with one attached hydrogen (secondary N) is 2. The van der Waals surface area contributed by atoms with E-state index in [-0.39, 0.29) is 17.7 Å². The van der Waals surface area contributed by atoms with Crippen LogP contribution in [0.15, 0.2) is 54.6 Å². The molecule has 0 saturated carbocycles. The number of fused-ring (bicyclic) bond motifs is 1. The first kappa shape index (κ1) is 23.9. The van der Waals surface area contributed by atoms with E-state index < -0.39 is 6.04 Å². The van der Waals surface area contributed by atoms with Crippen LogP contribution in [0.1, 0.15) is 40.3 Å². The molecule has 178 valence electrons. The maximum absolute atomic E-state index is 13.1. The number of amides is 2. The summed E-state index contributed by atoms with van der Waals surface area (Å²) in [6, 6.07) is 16.6. The summed E-state index contributed by atoms with van der Waals surface area (Å²) in [4.78, 5) is 34.0. The molecule has 1 aromatic heterocycles. The lowest BCUT2D eigenvalue weighted by atomic mass is 10.0. The van der Waals surface area contributed by atoms with Gasteiger partial charge in [-0.1, -0.05) is 44.2 Å². The molecule has 2 N–H and O–H groups in total. The molecule has 0 fully saturated rings. The number of hydrogen-bond donors (Lipinski definition) is 2. The largest absolute Gasteiger partial charge is 0.497 e. The third-order valence-electron chi connectivity index (χ3n) is 5.88. The Labute approximate surface area is 204 Å². The number of hydrogen-bond acceptors (Lipinski definition) is 6. The third kappa shape index (κ3) is 5.81. The molecule has 34 heavy (non-hydrogen) atoms. The van der Waals surface area contributed by atoms with Crippen molar-refractivity contribution in [2.24, 2.45) is 5.92 Å². The maximum Gasteiger partial charge on any atom is 0.251 e. The Bertz CT molecular complexity index is 1130. The van der Waals surface area contributed by atoms with Gasteiger partial charge in [-0.25, -0.2) is 4.98 Å². The van der Waals surface area contributed by atoms with Crippen LogP contribution < -0.4 is 15.4 Å². The van der Waals surface area contributed by atoms with E-state index in [1.807, 2.05) is 19.9 Å². The molecule has 2 heterocycles. The van der Waals surface area contributed by atoms with E-state index in [4.69, 9.17) is 4.74 Å². The zero-order chi connectivity index (χ0) is 24.1. The monoisotopic (exact) mass is 478 g/mol. The summed E-state index contributed by atoms with van der Waals surface area (Å²) < 4.78 is 5.14. The molecule has 8 heteroatoms. The Morgan fingerprint density at radius 2 is 1.85 bits per heavy atom. The number of aromatic nitrogens is 1. The first-order chi connectivity index (χ1) is 16.4. The molecule has 0 spiro atoms. The Morgan fingerprint density at radius 3 is 2.53 bits per heavy atom. The fraction of sp³-hybridized carbons (Fsp3) is 0.346. The quantitative estimate of drug-likeness (QED) is 0.509. The molecule has 7 nitrogen and oxygen atoms in total. The molecule has 1 aliphatic rings. The summed E-state index contributed by atoms with van der Waals surface area (Å²) >= 11 is 1.52. The minimum Gasteiger partial charge on any atom is -0.497 e. The van der Waals surface area contributed by atoms with Gasteiger partial charge in [-0.2, -0.15) is 0 Å². The second-order valence-corrected chi connectivity index (χ2v) is 9.83. The Hall–Kier alpha value is -3.23. The van der Waals surface area contributed by atoms with Gasteiger partial charge in [0.15, 0.2) is 5.13 Å². The SMILES string of the molecule is COc1ccc(C(=O)NC(C(=O)Nc2nc3c(s2)CN(Cc2ccccc2)CC3)C(C)C)cc1. The number of nitrogens with zero attached hydrogens (tertiary/aromatic N) is 2. The topological polar surface area (TPSA) is 83.6 Å². The van der Waals surface area contributed by atoms with E-state index >= 15 is 0 Å². The number of carbonyl (C=O) groups is 2. The molecule has 3 aromatic rings. The van der Waals surface area contributed by atoms with Gasteiger partial charge in [0.1, 0.15) is 11.8 Å². The Morgan fingerprint density at radius 1 is 1.12 bits per heavy atom. The van der Waals surface area contributed by atoms with Crippen LogP contribution in [0.25, 0.3) is 0 Å². The molecular formula is C26H30N4O3S. The van der Waals surface area contributed by atoms with Gasteiger partial charge in [-0.15, -0.1) is 11.3 Å². The van der Waals surface area contributed by atoms with Crippen LogP contribution in [0.4, 0.5) is 5.13 Å². The van der Waals surface area contributed by atoms with Crippen LogP contribution in [-0.2, 0) is 24.3 Å². The number of anilines is 1. The fourth-order valence-corrected chi connectivity index (χ4v) is 5.02. The first-order valence-corrected chi connectivity index (χ1v) is 12.2. The lowest BCUT2D eigenvalue weighted by Gasteiger charge is -2.25. The van der Waals surface area contributed by atoms with Gasteiger partial charge in [0, 0.05) is 36.5 Å². The fourth-order valence-electron chi connectivity index (χ4n) is 3.96. The van der Waals surface area contributed by atoms with Gasteiger partial charge in [-0.3, -0.25) is 14.5 Å². The van der Waals surface area contributed by atoms with E-state index in [2.05, 4.69) is 44.8 Å². The van der Waals surface area contributed by atoms with E-state index in [1.54, 1.807) is 31.4 Å². The maximum atomic E-state index is 13.1. The van der Waals surface area contributed by atoms with Crippen LogP contribution >= 0.6 is 11.3 Å². The van der Waals surface area contributed by atoms with E-state index in [0.29, 0.717) is 16.4 Å². The summed E-state index contributed by atoms with van der Waals surface area (Å²) in [5.74, 6) is 0.0264. The molecule has 0 aliphatic carbocycles. The summed E-state index contributed by atoms with van der Waals surface area (Å²) in [7, 11) is 1.57. The predicted molar refractivity (Wildman–Crippen MR) is 134 cm³/mol. The molecule has 1 aliphatic heterocycles. The summed E-state index contributed by atoms with van der Waals surface area (Å²) in [6.45, 7) is 6.47. The highest BCUT2D eigenvalue weighted by Crippen LogP contribution is 2.29. The van der Waals surface area contributed by atoms with Gasteiger partial charge in [0.05, 0.1) is 12.8 Å². The third-order valence-corrected chi connectivity index (χ3v) is 6.88. The summed E-state index contributed by atoms with van der Waals surface area (Å²) in [6.07, 6.45) is 0.857. The van der Waals surface area contributed by atoms with Crippen molar-refractivity contribution in [2.45, 2.75) is 39.4 Å². The van der Waals surface area contributed by atoms with Crippen molar-refractivity contribution in [2.75, 3.05) is 19.0 Å². The van der Waals surface area contributed by atoms with Gasteiger partial charge >= 0.3 is 0 Å². The van der Waals surface area contributed by atoms with Gasteiger partial charge in [0.2, 0.25) is 5.91 Å². The number of carbonyl (C=O) groups excluding carboxylic acids is 2. The highest BCUT2D eigenvalue weighted by atomic mass is 32.1. The predicted octanol–water partition coefficient (Wildman–Crippen LogP) is 4.10. The molecule has 1 atom stereocenters. The number of methoxy groups -OCH3 is 1. The van der Waals surface area contributed by atoms with Crippen LogP contribution in [-0.4, -0.2) is 41.4 Å². The highest BCUT2D eigenvalue weighted by Gasteiger charge is 2.27. The highest BCUT2D eigenvalue weighted by molar-refractivity contribution is 7.15. The molecule has 2 aromatic carbocycles. The average molecular weight is 479 g/mol. The summed E-state index contributed by atoms with van der Waals surface area (Å²) in [5, 5.41) is 6.38. The second-order valence-electron chi connectivity index (χ2n) is 8.75. The van der Waals surface area contributed by atoms with Crippen molar-refractivity contribution in [1.82, 2.24) is 15.2 Å². The minimum absolute atomic E-state index is 0.0850. The molecule has 0 bridgehead atoms. The van der Waals surface area contributed by atoms with Crippen molar-refractivity contribution < 1.29 is 14.3 Å². The average Bonchev–Trinajstić information content (AvgIpc) is 3.24. The molecule has 1 unspecified atom stereocenters. The normalized spacial score (nSPS) is 14.4. The van der Waals surface area contributed by atoms with E-state index in [9.17, 15) is 9.59 Å². The standard InChI is InChI=1S/C26H30N4O3S/c1-17(2)23(28-24(31)19-9-11-20(33-3)12-10-19)25(32)29-26-27-21-13-14-30(16-22(21)34-26)15-18-7-5-4-6-8-18/h4-12,17,23H,13-16H2,1-3H3,(H,28,31)(H,27,29,32). The second kappa shape index (κ2) is 10.8. The van der Waals surface area contributed by atoms with Crippen molar-refractivity contribution in [3.05, 3.63) is 76.3 Å². The lowest BCUT2D eigenvalue weighted by molar-refractivity contribution is -0.118. The minimum atomic E-state index is -0.676. The van der Waals surface area contributed by atoms with Crippen LogP contribution in [0.2, 0.25) is 0 Å². The molecule has 4 rings (SSSR count). The van der Waals surface area contributed by atoms with E-state index in [0.717, 1.165) is 31.7 Å². The van der Waals surface area contributed by atoms with Crippen molar-refractivity contribution in [3.8, 4) is 5.75 Å². The van der Waals surface area contributed by atoms with Crippen LogP contribution in [0, 0.1) is 5.92 Å². The molecule has 2 amide bonds. The zero-order valence-electron chi connectivity index (χ0n) is 19.7. The molecular weight excluding hydrogens is 448 g/mol. The number of benzene rings is 2. The van der Waals surface area contributed by atoms with Gasteiger partial charge in [0.25, 0.3) is 5.91 Å².